The van der Waals surface area contributed by atoms with Crippen molar-refractivity contribution in [3.05, 3.63) is 0 Å². The fourth-order valence-corrected chi connectivity index (χ4v) is 3.08. The van der Waals surface area contributed by atoms with Crippen LogP contribution in [0.25, 0.3) is 0 Å². The molecule has 34 heavy (non-hydrogen) atoms. The quantitative estimate of drug-likeness (QED) is 0.0649. The van der Waals surface area contributed by atoms with Crippen LogP contribution in [-0.4, -0.2) is 72.0 Å². The van der Waals surface area contributed by atoms with E-state index in [1.54, 1.807) is 0 Å². The minimum absolute atomic E-state index is 0.107. The molecule has 4 unspecified atom stereocenters. The average Bonchev–Trinajstić information content (AvgIpc) is 2.73. The van der Waals surface area contributed by atoms with Crippen LogP contribution in [0.1, 0.15) is 59.3 Å². The van der Waals surface area contributed by atoms with Gasteiger partial charge >= 0.3 is 5.97 Å². The Labute approximate surface area is 200 Å². The number of nitrogens with one attached hydrogen (secondary N) is 3. The molecule has 0 aliphatic rings. The number of guanidine groups is 1. The Bertz CT molecular complexity index is 697. The van der Waals surface area contributed by atoms with E-state index < -0.39 is 47.9 Å². The topological polar surface area (TPSA) is 241 Å². The second-order valence-corrected chi connectivity index (χ2v) is 8.66. The van der Waals surface area contributed by atoms with Crippen molar-refractivity contribution >= 4 is 29.7 Å². The summed E-state index contributed by atoms with van der Waals surface area (Å²) in [6, 6.07) is -3.91. The number of nitrogens with zero attached hydrogens (tertiary/aromatic N) is 1. The highest BCUT2D eigenvalue weighted by atomic mass is 16.4. The van der Waals surface area contributed by atoms with Gasteiger partial charge in [0.25, 0.3) is 0 Å². The smallest absolute Gasteiger partial charge is 0.325 e. The lowest BCUT2D eigenvalue weighted by molar-refractivity contribution is -0.141. The summed E-state index contributed by atoms with van der Waals surface area (Å²) in [6.07, 6.45) is 2.48. The zero-order valence-corrected chi connectivity index (χ0v) is 20.4. The van der Waals surface area contributed by atoms with Crippen molar-refractivity contribution in [2.45, 2.75) is 83.5 Å². The van der Waals surface area contributed by atoms with Crippen LogP contribution in [0.5, 0.6) is 0 Å². The first-order valence-electron chi connectivity index (χ1n) is 11.5. The van der Waals surface area contributed by atoms with Gasteiger partial charge in [0.1, 0.15) is 18.1 Å². The highest BCUT2D eigenvalue weighted by Gasteiger charge is 2.29. The van der Waals surface area contributed by atoms with Gasteiger partial charge in [-0.25, -0.2) is 0 Å². The summed E-state index contributed by atoms with van der Waals surface area (Å²) in [5, 5.41) is 16.7. The lowest BCUT2D eigenvalue weighted by Crippen LogP contribution is -2.56. The van der Waals surface area contributed by atoms with E-state index in [1.165, 1.54) is 6.92 Å². The van der Waals surface area contributed by atoms with E-state index in [9.17, 15) is 19.2 Å². The van der Waals surface area contributed by atoms with E-state index in [0.29, 0.717) is 38.6 Å². The lowest BCUT2D eigenvalue weighted by Gasteiger charge is -2.25. The maximum Gasteiger partial charge on any atom is 0.325 e. The Morgan fingerprint density at radius 2 is 1.38 bits per heavy atom. The van der Waals surface area contributed by atoms with Crippen molar-refractivity contribution in [3.63, 3.8) is 0 Å². The van der Waals surface area contributed by atoms with Gasteiger partial charge in [-0.1, -0.05) is 13.8 Å². The molecule has 196 valence electrons. The molecule has 0 saturated carbocycles. The van der Waals surface area contributed by atoms with Gasteiger partial charge in [-0.3, -0.25) is 24.2 Å². The van der Waals surface area contributed by atoms with Crippen LogP contribution in [0.15, 0.2) is 4.99 Å². The highest BCUT2D eigenvalue weighted by Crippen LogP contribution is 2.07. The van der Waals surface area contributed by atoms with E-state index in [1.807, 2.05) is 13.8 Å². The van der Waals surface area contributed by atoms with Crippen molar-refractivity contribution in [3.8, 4) is 0 Å². The van der Waals surface area contributed by atoms with Crippen molar-refractivity contribution in [2.75, 3.05) is 13.1 Å². The van der Waals surface area contributed by atoms with E-state index in [4.69, 9.17) is 28.0 Å². The SMILES string of the molecule is CC(C)CC(N)C(=O)NC(CCCCN)C(=O)NC(CCCN=C(N)N)C(=O)NC(C)C(=O)O. The molecule has 0 bridgehead atoms. The van der Waals surface area contributed by atoms with Crippen molar-refractivity contribution in [2.24, 2.45) is 33.8 Å². The fraction of sp³-hybridized carbons (Fsp3) is 0.762. The van der Waals surface area contributed by atoms with E-state index >= 15 is 0 Å². The summed E-state index contributed by atoms with van der Waals surface area (Å²) in [4.78, 5) is 53.2. The number of carbonyl (C=O) groups is 4. The van der Waals surface area contributed by atoms with E-state index in [2.05, 4.69) is 20.9 Å². The van der Waals surface area contributed by atoms with Crippen LogP contribution < -0.4 is 38.9 Å². The van der Waals surface area contributed by atoms with E-state index in [0.717, 1.165) is 0 Å². The van der Waals surface area contributed by atoms with Crippen molar-refractivity contribution in [1.29, 1.82) is 0 Å². The number of nitrogens with two attached hydrogens (primary N) is 4. The number of hydrogen-bond acceptors (Lipinski definition) is 7. The van der Waals surface area contributed by atoms with Crippen LogP contribution in [0.2, 0.25) is 0 Å². The van der Waals surface area contributed by atoms with Gasteiger partial charge < -0.3 is 44.0 Å². The Balaban J connectivity index is 5.44. The Morgan fingerprint density at radius 3 is 1.88 bits per heavy atom. The van der Waals surface area contributed by atoms with Gasteiger partial charge in [0.05, 0.1) is 6.04 Å². The zero-order chi connectivity index (χ0) is 26.3. The molecule has 0 spiro atoms. The molecule has 0 aromatic heterocycles. The minimum atomic E-state index is -1.22. The number of rotatable bonds is 17. The Morgan fingerprint density at radius 1 is 0.853 bits per heavy atom. The van der Waals surface area contributed by atoms with Crippen LogP contribution >= 0.6 is 0 Å². The normalized spacial score (nSPS) is 14.4. The predicted molar refractivity (Wildman–Crippen MR) is 129 cm³/mol. The first-order valence-corrected chi connectivity index (χ1v) is 11.5. The number of carboxylic acids is 1. The molecule has 0 heterocycles. The van der Waals surface area contributed by atoms with E-state index in [-0.39, 0.29) is 24.8 Å². The zero-order valence-electron chi connectivity index (χ0n) is 20.4. The summed E-state index contributed by atoms with van der Waals surface area (Å²) in [5.74, 6) is -2.84. The molecule has 0 aromatic carbocycles. The summed E-state index contributed by atoms with van der Waals surface area (Å²) in [5.41, 5.74) is 22.1. The van der Waals surface area contributed by atoms with Crippen molar-refractivity contribution in [1.82, 2.24) is 16.0 Å². The first-order chi connectivity index (χ1) is 15.9. The second-order valence-electron chi connectivity index (χ2n) is 8.66. The third-order valence-electron chi connectivity index (χ3n) is 4.95. The molecule has 0 aliphatic heterocycles. The van der Waals surface area contributed by atoms with Gasteiger partial charge in [-0.2, -0.15) is 0 Å². The molecule has 0 aromatic rings. The fourth-order valence-electron chi connectivity index (χ4n) is 3.08. The number of aliphatic carboxylic acids is 1. The summed E-state index contributed by atoms with van der Waals surface area (Å²) >= 11 is 0. The molecule has 3 amide bonds. The van der Waals surface area contributed by atoms with Gasteiger partial charge in [0.2, 0.25) is 17.7 Å². The Kier molecular flexibility index (Phi) is 15.2. The molecule has 0 fully saturated rings. The molecule has 0 aliphatic carbocycles. The number of aliphatic imine (C=N–C) groups is 1. The van der Waals surface area contributed by atoms with Crippen LogP contribution in [0, 0.1) is 5.92 Å². The first kappa shape index (κ1) is 31.1. The predicted octanol–water partition coefficient (Wildman–Crippen LogP) is -1.90. The molecular formula is C21H42N8O5. The maximum atomic E-state index is 13.0. The molecule has 0 rings (SSSR count). The molecule has 13 heteroatoms. The van der Waals surface area contributed by atoms with Gasteiger partial charge in [0.15, 0.2) is 5.96 Å². The number of carbonyl (C=O) groups excluding carboxylic acids is 3. The number of hydrogen-bond donors (Lipinski definition) is 8. The molecule has 12 N–H and O–H groups in total. The monoisotopic (exact) mass is 486 g/mol. The molecule has 4 atom stereocenters. The van der Waals surface area contributed by atoms with Crippen LogP contribution in [0.3, 0.4) is 0 Å². The number of unbranched alkanes of at least 4 members (excludes halogenated alkanes) is 1. The molecule has 13 nitrogen and oxygen atoms in total. The summed E-state index contributed by atoms with van der Waals surface area (Å²) < 4.78 is 0. The third-order valence-corrected chi connectivity index (χ3v) is 4.95. The largest absolute Gasteiger partial charge is 0.480 e. The summed E-state index contributed by atoms with van der Waals surface area (Å²) in [7, 11) is 0. The molecule has 0 radical (unpaired) electrons. The molecular weight excluding hydrogens is 444 g/mol. The molecule has 0 saturated heterocycles. The third kappa shape index (κ3) is 13.6. The van der Waals surface area contributed by atoms with Gasteiger partial charge in [-0.05, 0) is 57.9 Å². The number of carboxylic acid groups (broad SMARTS) is 1. The lowest BCUT2D eigenvalue weighted by atomic mass is 10.0. The second kappa shape index (κ2) is 16.6. The van der Waals surface area contributed by atoms with Gasteiger partial charge in [0, 0.05) is 6.54 Å². The highest BCUT2D eigenvalue weighted by molar-refractivity contribution is 5.94. The standard InChI is InChI=1S/C21H42N8O5/c1-12(2)11-14(23)17(30)28-15(7-4-5-9-22)19(32)29-16(8-6-10-26-21(24)25)18(31)27-13(3)20(33)34/h12-16H,4-11,22-23H2,1-3H3,(H,27,31)(H,28,30)(H,29,32)(H,33,34)(H4,24,25,26). The summed E-state index contributed by atoms with van der Waals surface area (Å²) in [6.45, 7) is 5.82. The minimum Gasteiger partial charge on any atom is -0.480 e. The van der Waals surface area contributed by atoms with Gasteiger partial charge in [-0.15, -0.1) is 0 Å². The average molecular weight is 487 g/mol. The maximum absolute atomic E-state index is 13.0. The van der Waals surface area contributed by atoms with Crippen molar-refractivity contribution < 1.29 is 24.3 Å². The van der Waals surface area contributed by atoms with Crippen LogP contribution in [0.4, 0.5) is 0 Å². The number of amides is 3. The Hall–Kier alpha value is -2.93. The van der Waals surface area contributed by atoms with Crippen LogP contribution in [-0.2, 0) is 19.2 Å².